The summed E-state index contributed by atoms with van der Waals surface area (Å²) in [6.45, 7) is 4.73. The Morgan fingerprint density at radius 3 is 2.25 bits per heavy atom. The minimum Gasteiger partial charge on any atom is -0.435 e. The third-order valence-corrected chi connectivity index (χ3v) is 6.77. The summed E-state index contributed by atoms with van der Waals surface area (Å²) in [5.41, 5.74) is 11.4. The fourth-order valence-electron chi connectivity index (χ4n) is 4.52. The predicted molar refractivity (Wildman–Crippen MR) is 120 cm³/mol. The van der Waals surface area contributed by atoms with Crippen LogP contribution in [0, 0.1) is 0 Å². The van der Waals surface area contributed by atoms with Gasteiger partial charge in [0, 0.05) is 11.8 Å². The average molecular weight is 449 g/mol. The molecular weight excluding hydrogens is 419 g/mol. The molecule has 2 aliphatic heterocycles. The van der Waals surface area contributed by atoms with Gasteiger partial charge in [0.2, 0.25) is 11.9 Å². The van der Waals surface area contributed by atoms with Crippen LogP contribution in [0.2, 0.25) is 0 Å². The zero-order chi connectivity index (χ0) is 23.3. The molecule has 0 unspecified atom stereocenters. The largest absolute Gasteiger partial charge is 0.495 e. The van der Waals surface area contributed by atoms with Crippen LogP contribution in [-0.4, -0.2) is 42.5 Å². The van der Waals surface area contributed by atoms with Crippen molar-refractivity contribution in [3.8, 4) is 5.75 Å². The van der Waals surface area contributed by atoms with Gasteiger partial charge in [-0.25, -0.2) is 4.99 Å². The highest BCUT2D eigenvalue weighted by atomic mass is 19.3. The second-order valence-corrected chi connectivity index (χ2v) is 9.55. The Morgan fingerprint density at radius 2 is 1.66 bits per heavy atom. The number of ether oxygens (including phenoxy) is 1. The molecule has 1 aromatic rings. The second kappa shape index (κ2) is 7.88. The van der Waals surface area contributed by atoms with Gasteiger partial charge in [-0.2, -0.15) is 13.8 Å². The lowest BCUT2D eigenvalue weighted by Gasteiger charge is -2.45. The van der Waals surface area contributed by atoms with Gasteiger partial charge in [-0.15, -0.1) is 0 Å². The van der Waals surface area contributed by atoms with Crippen LogP contribution in [-0.2, 0) is 9.31 Å². The molecule has 0 atom stereocenters. The predicted octanol–water partition coefficient (Wildman–Crippen LogP) is 2.70. The van der Waals surface area contributed by atoms with E-state index in [-0.39, 0.29) is 17.7 Å². The molecule has 1 spiro atoms. The van der Waals surface area contributed by atoms with Crippen LogP contribution in [0.5, 0.6) is 5.75 Å². The molecule has 32 heavy (non-hydrogen) atoms. The van der Waals surface area contributed by atoms with E-state index in [1.807, 2.05) is 27.7 Å². The van der Waals surface area contributed by atoms with Crippen molar-refractivity contribution in [2.45, 2.75) is 83.3 Å². The van der Waals surface area contributed by atoms with Crippen LogP contribution in [0.3, 0.4) is 0 Å². The van der Waals surface area contributed by atoms with Gasteiger partial charge in [0.1, 0.15) is 11.4 Å². The van der Waals surface area contributed by atoms with Gasteiger partial charge in [-0.3, -0.25) is 4.90 Å². The highest BCUT2D eigenvalue weighted by molar-refractivity contribution is 6.62. The molecule has 0 aromatic heterocycles. The number of alkyl halides is 2. The topological polar surface area (TPSA) is 108 Å². The first-order valence-electron chi connectivity index (χ1n) is 10.9. The van der Waals surface area contributed by atoms with Crippen LogP contribution in [0.4, 0.5) is 14.5 Å². The van der Waals surface area contributed by atoms with E-state index in [9.17, 15) is 8.78 Å². The molecule has 2 fully saturated rings. The van der Waals surface area contributed by atoms with Crippen molar-refractivity contribution in [3.05, 3.63) is 18.2 Å². The molecule has 1 saturated carbocycles. The molecule has 4 rings (SSSR count). The molecule has 174 valence electrons. The van der Waals surface area contributed by atoms with E-state index in [1.54, 1.807) is 11.0 Å². The van der Waals surface area contributed by atoms with Gasteiger partial charge in [-0.1, -0.05) is 6.42 Å². The van der Waals surface area contributed by atoms with E-state index in [4.69, 9.17) is 25.5 Å². The number of rotatable bonds is 4. The fraction of sp³-hybridized carbons (Fsp3) is 0.619. The number of nitrogens with two attached hydrogens (primary N) is 2. The third-order valence-electron chi connectivity index (χ3n) is 6.77. The van der Waals surface area contributed by atoms with E-state index >= 15 is 0 Å². The third kappa shape index (κ3) is 4.03. The molecule has 0 amide bonds. The number of aliphatic imine (C=N–C) groups is 2. The molecule has 0 bridgehead atoms. The Hall–Kier alpha value is -2.40. The van der Waals surface area contributed by atoms with Gasteiger partial charge in [0.05, 0.1) is 11.2 Å². The maximum Gasteiger partial charge on any atom is 0.495 e. The molecule has 8 nitrogen and oxygen atoms in total. The maximum atomic E-state index is 13.1. The van der Waals surface area contributed by atoms with Crippen molar-refractivity contribution in [1.82, 2.24) is 0 Å². The summed E-state index contributed by atoms with van der Waals surface area (Å²) in [6.07, 6.45) is 4.40. The van der Waals surface area contributed by atoms with Crippen molar-refractivity contribution in [2.75, 3.05) is 4.90 Å². The number of benzene rings is 1. The van der Waals surface area contributed by atoms with E-state index in [0.717, 1.165) is 32.1 Å². The molecular formula is C21H30BF2N5O3. The highest BCUT2D eigenvalue weighted by Crippen LogP contribution is 2.41. The Bertz CT molecular complexity index is 931. The van der Waals surface area contributed by atoms with Crippen molar-refractivity contribution in [1.29, 1.82) is 0 Å². The number of hydrogen-bond donors (Lipinski definition) is 2. The number of guanidine groups is 2. The lowest BCUT2D eigenvalue weighted by Crippen LogP contribution is -2.58. The minimum absolute atomic E-state index is 0.0245. The summed E-state index contributed by atoms with van der Waals surface area (Å²) in [7, 11) is -0.765. The first-order valence-corrected chi connectivity index (χ1v) is 10.9. The number of anilines is 1. The zero-order valence-electron chi connectivity index (χ0n) is 18.9. The summed E-state index contributed by atoms with van der Waals surface area (Å²) in [5.74, 6) is 0.253. The monoisotopic (exact) mass is 449 g/mol. The Morgan fingerprint density at radius 1 is 1.03 bits per heavy atom. The standard InChI is InChI=1S/C21H30BF2N5O3/c1-19(2)20(3,4)32-22(31-19)13-10-14(12-15(11-13)30-16(23)24)29-18(26)27-17(25)28-21(29)8-6-5-7-9-21/h10-12,16H,5-9H2,1-4H3,(H4,25,26,27,28). The van der Waals surface area contributed by atoms with E-state index in [2.05, 4.69) is 9.98 Å². The quantitative estimate of drug-likeness (QED) is 0.685. The number of hydrogen-bond acceptors (Lipinski definition) is 8. The van der Waals surface area contributed by atoms with Crippen LogP contribution in [0.25, 0.3) is 0 Å². The molecule has 0 radical (unpaired) electrons. The van der Waals surface area contributed by atoms with Gasteiger partial charge >= 0.3 is 13.7 Å². The van der Waals surface area contributed by atoms with Crippen molar-refractivity contribution < 1.29 is 22.8 Å². The Balaban J connectivity index is 1.80. The lowest BCUT2D eigenvalue weighted by atomic mass is 9.78. The number of nitrogens with zero attached hydrogens (tertiary/aromatic N) is 3. The molecule has 3 aliphatic rings. The van der Waals surface area contributed by atoms with E-state index in [1.165, 1.54) is 12.1 Å². The fourth-order valence-corrected chi connectivity index (χ4v) is 4.52. The van der Waals surface area contributed by atoms with Crippen molar-refractivity contribution in [2.24, 2.45) is 21.5 Å². The molecule has 1 saturated heterocycles. The van der Waals surface area contributed by atoms with Crippen LogP contribution < -0.4 is 26.6 Å². The molecule has 4 N–H and O–H groups in total. The first kappa shape index (κ1) is 22.8. The van der Waals surface area contributed by atoms with E-state index in [0.29, 0.717) is 11.2 Å². The van der Waals surface area contributed by atoms with Crippen molar-refractivity contribution >= 4 is 30.2 Å². The lowest BCUT2D eigenvalue weighted by molar-refractivity contribution is -0.0497. The van der Waals surface area contributed by atoms with Crippen LogP contribution >= 0.6 is 0 Å². The summed E-state index contributed by atoms with van der Waals surface area (Å²) in [4.78, 5) is 10.6. The molecule has 11 heteroatoms. The van der Waals surface area contributed by atoms with Gasteiger partial charge in [-0.05, 0) is 71.0 Å². The van der Waals surface area contributed by atoms with Crippen molar-refractivity contribution in [3.63, 3.8) is 0 Å². The molecule has 1 aliphatic carbocycles. The van der Waals surface area contributed by atoms with Crippen LogP contribution in [0.1, 0.15) is 59.8 Å². The maximum absolute atomic E-state index is 13.1. The summed E-state index contributed by atoms with van der Waals surface area (Å²) >= 11 is 0. The highest BCUT2D eigenvalue weighted by Gasteiger charge is 2.52. The molecule has 1 aromatic carbocycles. The van der Waals surface area contributed by atoms with Gasteiger partial charge in [0.25, 0.3) is 0 Å². The summed E-state index contributed by atoms with van der Waals surface area (Å²) in [5, 5.41) is 0. The van der Waals surface area contributed by atoms with Crippen LogP contribution in [0.15, 0.2) is 28.2 Å². The second-order valence-electron chi connectivity index (χ2n) is 9.55. The van der Waals surface area contributed by atoms with Gasteiger partial charge < -0.3 is 25.5 Å². The Kier molecular flexibility index (Phi) is 5.61. The summed E-state index contributed by atoms with van der Waals surface area (Å²) < 4.78 is 43.3. The van der Waals surface area contributed by atoms with E-state index < -0.39 is 30.6 Å². The Labute approximate surface area is 187 Å². The first-order chi connectivity index (χ1) is 14.9. The SMILES string of the molecule is CC1(C)OB(c2cc(OC(F)F)cc(N3C(N)=NC(N)=NC34CCCCC4)c2)OC1(C)C. The minimum atomic E-state index is -2.99. The number of halogens is 2. The summed E-state index contributed by atoms with van der Waals surface area (Å²) in [6, 6.07) is 4.81. The average Bonchev–Trinajstić information content (AvgIpc) is 2.88. The van der Waals surface area contributed by atoms with Gasteiger partial charge in [0.15, 0.2) is 0 Å². The normalized spacial score (nSPS) is 24.0. The zero-order valence-corrected chi connectivity index (χ0v) is 18.9. The smallest absolute Gasteiger partial charge is 0.435 e. The molecule has 2 heterocycles.